The lowest BCUT2D eigenvalue weighted by Crippen LogP contribution is -2.24. The number of hydrogen-bond acceptors (Lipinski definition) is 9. The Morgan fingerprint density at radius 1 is 1.14 bits per heavy atom. The van der Waals surface area contributed by atoms with Crippen molar-refractivity contribution in [1.29, 1.82) is 0 Å². The summed E-state index contributed by atoms with van der Waals surface area (Å²) >= 11 is 0. The van der Waals surface area contributed by atoms with Crippen molar-refractivity contribution in [2.75, 3.05) is 14.2 Å². The van der Waals surface area contributed by atoms with E-state index in [1.807, 2.05) is 0 Å². The molecule has 3 rings (SSSR count). The number of nitro groups is 1. The smallest absolute Gasteiger partial charge is 0.343 e. The number of carbonyl (C=O) groups excluding carboxylic acids is 2. The molecular formula is C23H23N5O7. The Bertz CT molecular complexity index is 1300. The van der Waals surface area contributed by atoms with Crippen LogP contribution in [-0.2, 0) is 11.3 Å². The molecule has 0 saturated heterocycles. The third-order valence-electron chi connectivity index (χ3n) is 4.92. The largest absolute Gasteiger partial charge is 0.497 e. The maximum absolute atomic E-state index is 12.5. The lowest BCUT2D eigenvalue weighted by atomic mass is 10.2. The molecule has 0 fully saturated rings. The Morgan fingerprint density at radius 2 is 1.91 bits per heavy atom. The monoisotopic (exact) mass is 481 g/mol. The normalized spacial score (nSPS) is 10.7. The van der Waals surface area contributed by atoms with E-state index in [2.05, 4.69) is 15.6 Å². The van der Waals surface area contributed by atoms with E-state index >= 15 is 0 Å². The number of esters is 1. The zero-order valence-corrected chi connectivity index (χ0v) is 19.5. The van der Waals surface area contributed by atoms with Crippen LogP contribution in [-0.4, -0.2) is 47.0 Å². The first-order valence-electron chi connectivity index (χ1n) is 10.3. The Kier molecular flexibility index (Phi) is 7.77. The van der Waals surface area contributed by atoms with Gasteiger partial charge in [0.15, 0.2) is 11.5 Å². The topological polar surface area (TPSA) is 147 Å². The maximum Gasteiger partial charge on any atom is 0.343 e. The number of nitrogens with one attached hydrogen (secondary N) is 1. The fourth-order valence-corrected chi connectivity index (χ4v) is 3.21. The SMILES string of the molecule is COc1cccc(C(=O)Oc2ccc(C=NNC(=O)Cn3nc(C)c([N+](=O)[O-])c3C)cc2OC)c1. The molecule has 0 radical (unpaired) electrons. The number of rotatable bonds is 9. The van der Waals surface area contributed by atoms with Crippen molar-refractivity contribution in [3.05, 3.63) is 75.1 Å². The van der Waals surface area contributed by atoms with Crippen molar-refractivity contribution in [3.63, 3.8) is 0 Å². The van der Waals surface area contributed by atoms with Crippen LogP contribution in [0.2, 0.25) is 0 Å². The number of aromatic nitrogens is 2. The van der Waals surface area contributed by atoms with Crippen molar-refractivity contribution < 1.29 is 28.7 Å². The van der Waals surface area contributed by atoms with Gasteiger partial charge in [0.1, 0.15) is 23.7 Å². The number of ether oxygens (including phenoxy) is 3. The summed E-state index contributed by atoms with van der Waals surface area (Å²) in [4.78, 5) is 35.2. The highest BCUT2D eigenvalue weighted by Crippen LogP contribution is 2.29. The molecule has 1 aromatic heterocycles. The van der Waals surface area contributed by atoms with Gasteiger partial charge in [-0.3, -0.25) is 19.6 Å². The molecule has 0 unspecified atom stereocenters. The van der Waals surface area contributed by atoms with Crippen molar-refractivity contribution in [1.82, 2.24) is 15.2 Å². The Labute approximate surface area is 200 Å². The molecule has 2 aromatic carbocycles. The van der Waals surface area contributed by atoms with E-state index in [-0.39, 0.29) is 35.1 Å². The number of benzene rings is 2. The van der Waals surface area contributed by atoms with E-state index < -0.39 is 16.8 Å². The van der Waals surface area contributed by atoms with Gasteiger partial charge in [-0.1, -0.05) is 6.07 Å². The fourth-order valence-electron chi connectivity index (χ4n) is 3.21. The zero-order chi connectivity index (χ0) is 25.5. The van der Waals surface area contributed by atoms with Gasteiger partial charge in [-0.2, -0.15) is 10.2 Å². The first kappa shape index (κ1) is 24.9. The van der Waals surface area contributed by atoms with E-state index in [9.17, 15) is 19.7 Å². The summed E-state index contributed by atoms with van der Waals surface area (Å²) in [5.41, 5.74) is 3.59. The first-order valence-corrected chi connectivity index (χ1v) is 10.3. The molecule has 1 heterocycles. The summed E-state index contributed by atoms with van der Waals surface area (Å²) < 4.78 is 17.1. The van der Waals surface area contributed by atoms with Gasteiger partial charge < -0.3 is 14.2 Å². The van der Waals surface area contributed by atoms with E-state index in [4.69, 9.17) is 14.2 Å². The van der Waals surface area contributed by atoms with Crippen LogP contribution in [0.25, 0.3) is 0 Å². The number of hydrogen-bond donors (Lipinski definition) is 1. The summed E-state index contributed by atoms with van der Waals surface area (Å²) in [6.07, 6.45) is 1.37. The highest BCUT2D eigenvalue weighted by Gasteiger charge is 2.22. The van der Waals surface area contributed by atoms with Crippen LogP contribution < -0.4 is 19.6 Å². The van der Waals surface area contributed by atoms with Crippen LogP contribution in [0, 0.1) is 24.0 Å². The van der Waals surface area contributed by atoms with Gasteiger partial charge in [-0.15, -0.1) is 0 Å². The molecular weight excluding hydrogens is 458 g/mol. The molecule has 0 bridgehead atoms. The molecule has 1 N–H and O–H groups in total. The van der Waals surface area contributed by atoms with E-state index in [0.29, 0.717) is 16.9 Å². The Hall–Kier alpha value is -4.74. The Morgan fingerprint density at radius 3 is 2.57 bits per heavy atom. The lowest BCUT2D eigenvalue weighted by Gasteiger charge is -2.10. The van der Waals surface area contributed by atoms with Crippen molar-refractivity contribution in [2.45, 2.75) is 20.4 Å². The van der Waals surface area contributed by atoms with Gasteiger partial charge in [0.25, 0.3) is 5.91 Å². The summed E-state index contributed by atoms with van der Waals surface area (Å²) in [7, 11) is 2.93. The summed E-state index contributed by atoms with van der Waals surface area (Å²) in [5.74, 6) is -0.0898. The highest BCUT2D eigenvalue weighted by molar-refractivity contribution is 5.92. The first-order chi connectivity index (χ1) is 16.7. The molecule has 0 aliphatic carbocycles. The lowest BCUT2D eigenvalue weighted by molar-refractivity contribution is -0.386. The summed E-state index contributed by atoms with van der Waals surface area (Å²) in [6, 6.07) is 11.3. The molecule has 1 amide bonds. The molecule has 0 aliphatic heterocycles. The number of carbonyl (C=O) groups is 2. The van der Waals surface area contributed by atoms with E-state index in [1.165, 1.54) is 45.0 Å². The standard InChI is InChI=1S/C23H23N5O7/c1-14-22(28(31)32)15(2)27(26-14)13-21(29)25-24-12-16-8-9-19(20(10-16)34-4)35-23(30)17-6-5-7-18(11-17)33-3/h5-12H,13H2,1-4H3,(H,25,29). The predicted molar refractivity (Wildman–Crippen MR) is 125 cm³/mol. The van der Waals surface area contributed by atoms with Crippen LogP contribution in [0.15, 0.2) is 47.6 Å². The molecule has 182 valence electrons. The average Bonchev–Trinajstić information content (AvgIpc) is 3.12. The van der Waals surface area contributed by atoms with Gasteiger partial charge >= 0.3 is 11.7 Å². The third-order valence-corrected chi connectivity index (χ3v) is 4.92. The Balaban J connectivity index is 1.64. The van der Waals surface area contributed by atoms with Crippen LogP contribution in [0.1, 0.15) is 27.3 Å². The van der Waals surface area contributed by atoms with Gasteiger partial charge in [0.2, 0.25) is 0 Å². The van der Waals surface area contributed by atoms with Crippen LogP contribution in [0.5, 0.6) is 17.2 Å². The van der Waals surface area contributed by atoms with Crippen molar-refractivity contribution in [2.24, 2.45) is 5.10 Å². The zero-order valence-electron chi connectivity index (χ0n) is 19.5. The van der Waals surface area contributed by atoms with Crippen LogP contribution in [0.4, 0.5) is 5.69 Å². The minimum Gasteiger partial charge on any atom is -0.497 e. The molecule has 0 saturated carbocycles. The predicted octanol–water partition coefficient (Wildman–Crippen LogP) is 2.79. The van der Waals surface area contributed by atoms with Crippen LogP contribution >= 0.6 is 0 Å². The van der Waals surface area contributed by atoms with E-state index in [1.54, 1.807) is 36.4 Å². The van der Waals surface area contributed by atoms with Gasteiger partial charge in [0, 0.05) is 0 Å². The van der Waals surface area contributed by atoms with Gasteiger partial charge in [0.05, 0.1) is 30.9 Å². The number of nitrogens with zero attached hydrogens (tertiary/aromatic N) is 4. The highest BCUT2D eigenvalue weighted by atomic mass is 16.6. The average molecular weight is 481 g/mol. The molecule has 35 heavy (non-hydrogen) atoms. The second kappa shape index (κ2) is 10.9. The number of amides is 1. The second-order valence-corrected chi connectivity index (χ2v) is 7.26. The number of hydrazone groups is 1. The fraction of sp³-hybridized carbons (Fsp3) is 0.217. The minimum atomic E-state index is -0.583. The number of methoxy groups -OCH3 is 2. The van der Waals surface area contributed by atoms with E-state index in [0.717, 1.165) is 0 Å². The maximum atomic E-state index is 12.5. The minimum absolute atomic E-state index is 0.124. The second-order valence-electron chi connectivity index (χ2n) is 7.26. The quantitative estimate of drug-likeness (QED) is 0.161. The van der Waals surface area contributed by atoms with Crippen LogP contribution in [0.3, 0.4) is 0 Å². The molecule has 12 nitrogen and oxygen atoms in total. The van der Waals surface area contributed by atoms with Gasteiger partial charge in [-0.05, 0) is 55.8 Å². The third kappa shape index (κ3) is 5.99. The summed E-state index contributed by atoms with van der Waals surface area (Å²) in [6.45, 7) is 2.78. The molecule has 0 atom stereocenters. The number of aryl methyl sites for hydroxylation is 1. The van der Waals surface area contributed by atoms with Crippen molar-refractivity contribution >= 4 is 23.8 Å². The molecule has 12 heteroatoms. The van der Waals surface area contributed by atoms with Crippen molar-refractivity contribution in [3.8, 4) is 17.2 Å². The van der Waals surface area contributed by atoms with Gasteiger partial charge in [-0.25, -0.2) is 10.2 Å². The molecule has 0 spiro atoms. The molecule has 3 aromatic rings. The molecule has 0 aliphatic rings. The summed E-state index contributed by atoms with van der Waals surface area (Å²) in [5, 5.41) is 19.0.